The molecule has 0 aliphatic carbocycles. The molecule has 8 heteroatoms. The van der Waals surface area contributed by atoms with Gasteiger partial charge in [0.25, 0.3) is 5.91 Å². The second kappa shape index (κ2) is 12.9. The number of amides is 1. The van der Waals surface area contributed by atoms with Crippen molar-refractivity contribution < 1.29 is 23.5 Å². The molecule has 0 atom stereocenters. The van der Waals surface area contributed by atoms with E-state index in [9.17, 15) is 18.8 Å². The molecule has 1 aromatic heterocycles. The van der Waals surface area contributed by atoms with Gasteiger partial charge in [0.1, 0.15) is 5.82 Å². The third-order valence-corrected chi connectivity index (χ3v) is 6.45. The second-order valence-electron chi connectivity index (χ2n) is 9.34. The number of ether oxygens (including phenoxy) is 1. The summed E-state index contributed by atoms with van der Waals surface area (Å²) in [6, 6.07) is 18.7. The van der Waals surface area contributed by atoms with Gasteiger partial charge in [0.05, 0.1) is 18.4 Å². The fourth-order valence-corrected chi connectivity index (χ4v) is 4.24. The molecule has 0 aliphatic rings. The third-order valence-electron chi connectivity index (χ3n) is 6.45. The number of carbonyl (C=O) groups excluding carboxylic acids is 3. The number of esters is 1. The van der Waals surface area contributed by atoms with E-state index in [-0.39, 0.29) is 30.2 Å². The van der Waals surface area contributed by atoms with Crippen molar-refractivity contribution in [2.45, 2.75) is 33.2 Å². The number of anilines is 1. The fourth-order valence-electron chi connectivity index (χ4n) is 4.24. The Morgan fingerprint density at radius 1 is 0.975 bits per heavy atom. The summed E-state index contributed by atoms with van der Waals surface area (Å²) >= 11 is 0. The van der Waals surface area contributed by atoms with E-state index in [1.54, 1.807) is 61.5 Å². The Kier molecular flexibility index (Phi) is 9.14. The molecule has 0 bridgehead atoms. The van der Waals surface area contributed by atoms with E-state index in [4.69, 9.17) is 10.5 Å². The Bertz CT molecular complexity index is 1570. The van der Waals surface area contributed by atoms with Crippen LogP contribution in [-0.2, 0) is 17.7 Å². The Morgan fingerprint density at radius 3 is 2.55 bits per heavy atom. The summed E-state index contributed by atoms with van der Waals surface area (Å²) in [7, 11) is 0. The summed E-state index contributed by atoms with van der Waals surface area (Å²) < 4.78 is 19.3. The van der Waals surface area contributed by atoms with Crippen LogP contribution >= 0.6 is 0 Å². The standard InChI is InChI=1S/C32H30FN3O4/c1-3-13-40-32(39)27-17-26(10-7-20(27)2)36-31(38)24-6-4-5-21(14-24)28-15-23(8-9-25(28)18-34)30(37)16-22-11-12-35-19-29(22)33/h4-12,14-15,17,19H,3,13,16,18,34H2,1-2H3,(H,36,38). The molecule has 204 valence electrons. The number of nitrogens with two attached hydrogens (primary N) is 1. The summed E-state index contributed by atoms with van der Waals surface area (Å²) in [5.74, 6) is -1.59. The van der Waals surface area contributed by atoms with E-state index in [1.165, 1.54) is 12.3 Å². The average Bonchev–Trinajstić information content (AvgIpc) is 2.97. The molecule has 4 aromatic rings. The first-order chi connectivity index (χ1) is 19.3. The van der Waals surface area contributed by atoms with Gasteiger partial charge in [-0.1, -0.05) is 37.3 Å². The van der Waals surface area contributed by atoms with Gasteiger partial charge in [0.2, 0.25) is 0 Å². The monoisotopic (exact) mass is 539 g/mol. The number of nitrogens with zero attached hydrogens (tertiary/aromatic N) is 1. The topological polar surface area (TPSA) is 111 Å². The number of Topliss-reactive ketones (excluding diaryl/α,β-unsaturated/α-hetero) is 1. The summed E-state index contributed by atoms with van der Waals surface area (Å²) in [5, 5.41) is 2.84. The summed E-state index contributed by atoms with van der Waals surface area (Å²) in [6.07, 6.45) is 3.13. The highest BCUT2D eigenvalue weighted by molar-refractivity contribution is 6.06. The van der Waals surface area contributed by atoms with Crippen LogP contribution in [0, 0.1) is 12.7 Å². The van der Waals surface area contributed by atoms with E-state index in [0.29, 0.717) is 46.5 Å². The van der Waals surface area contributed by atoms with Gasteiger partial charge >= 0.3 is 5.97 Å². The number of hydrogen-bond donors (Lipinski definition) is 2. The largest absolute Gasteiger partial charge is 0.462 e. The Hall–Kier alpha value is -4.69. The van der Waals surface area contributed by atoms with Gasteiger partial charge < -0.3 is 15.8 Å². The van der Waals surface area contributed by atoms with E-state index in [0.717, 1.165) is 17.3 Å². The lowest BCUT2D eigenvalue weighted by atomic mass is 9.93. The summed E-state index contributed by atoms with van der Waals surface area (Å²) in [5.41, 5.74) is 10.8. The maximum Gasteiger partial charge on any atom is 0.338 e. The van der Waals surface area contributed by atoms with E-state index < -0.39 is 11.8 Å². The van der Waals surface area contributed by atoms with Crippen LogP contribution in [0.2, 0.25) is 0 Å². The Labute approximate surface area is 232 Å². The lowest BCUT2D eigenvalue weighted by molar-refractivity contribution is 0.0504. The van der Waals surface area contributed by atoms with Crippen molar-refractivity contribution in [2.75, 3.05) is 11.9 Å². The van der Waals surface area contributed by atoms with Gasteiger partial charge in [0, 0.05) is 36.0 Å². The highest BCUT2D eigenvalue weighted by Crippen LogP contribution is 2.27. The number of hydrogen-bond acceptors (Lipinski definition) is 6. The zero-order valence-electron chi connectivity index (χ0n) is 22.4. The molecule has 4 rings (SSSR count). The van der Waals surface area contributed by atoms with Crippen LogP contribution in [0.15, 0.2) is 79.1 Å². The van der Waals surface area contributed by atoms with Crippen molar-refractivity contribution in [3.05, 3.63) is 118 Å². The first kappa shape index (κ1) is 28.3. The second-order valence-corrected chi connectivity index (χ2v) is 9.34. The lowest BCUT2D eigenvalue weighted by Gasteiger charge is -2.13. The van der Waals surface area contributed by atoms with Gasteiger partial charge in [-0.25, -0.2) is 9.18 Å². The first-order valence-corrected chi connectivity index (χ1v) is 12.9. The molecule has 40 heavy (non-hydrogen) atoms. The molecule has 0 fully saturated rings. The van der Waals surface area contributed by atoms with Crippen molar-refractivity contribution >= 4 is 23.3 Å². The molecule has 1 heterocycles. The smallest absolute Gasteiger partial charge is 0.338 e. The number of aromatic nitrogens is 1. The van der Waals surface area contributed by atoms with Crippen LogP contribution in [0.5, 0.6) is 0 Å². The number of ketones is 1. The predicted octanol–water partition coefficient (Wildman–Crippen LogP) is 5.90. The van der Waals surface area contributed by atoms with Gasteiger partial charge in [0.15, 0.2) is 5.78 Å². The van der Waals surface area contributed by atoms with Gasteiger partial charge in [-0.05, 0) is 77.6 Å². The molecule has 0 aliphatic heterocycles. The van der Waals surface area contributed by atoms with Crippen LogP contribution in [0.3, 0.4) is 0 Å². The summed E-state index contributed by atoms with van der Waals surface area (Å²) in [4.78, 5) is 42.2. The van der Waals surface area contributed by atoms with Crippen LogP contribution in [0.1, 0.15) is 61.1 Å². The van der Waals surface area contributed by atoms with Gasteiger partial charge in [-0.15, -0.1) is 0 Å². The third kappa shape index (κ3) is 6.65. The van der Waals surface area contributed by atoms with Gasteiger partial charge in [-0.3, -0.25) is 14.6 Å². The van der Waals surface area contributed by atoms with Gasteiger partial charge in [-0.2, -0.15) is 0 Å². The quantitative estimate of drug-likeness (QED) is 0.192. The molecule has 0 saturated carbocycles. The molecule has 7 nitrogen and oxygen atoms in total. The molecule has 3 N–H and O–H groups in total. The molecule has 0 spiro atoms. The number of rotatable bonds is 10. The number of halogens is 1. The zero-order valence-corrected chi connectivity index (χ0v) is 22.4. The molecular formula is C32H30FN3O4. The number of nitrogens with one attached hydrogen (secondary N) is 1. The van der Waals surface area contributed by atoms with E-state index in [1.807, 2.05) is 13.0 Å². The number of aryl methyl sites for hydroxylation is 1. The number of carbonyl (C=O) groups is 3. The average molecular weight is 540 g/mol. The van der Waals surface area contributed by atoms with Crippen LogP contribution < -0.4 is 11.1 Å². The maximum absolute atomic E-state index is 14.0. The molecule has 3 aromatic carbocycles. The van der Waals surface area contributed by atoms with Crippen molar-refractivity contribution in [1.82, 2.24) is 4.98 Å². The normalized spacial score (nSPS) is 10.7. The maximum atomic E-state index is 14.0. The molecule has 0 unspecified atom stereocenters. The number of benzene rings is 3. The minimum Gasteiger partial charge on any atom is -0.462 e. The van der Waals surface area contributed by atoms with Crippen LogP contribution in [-0.4, -0.2) is 29.3 Å². The Morgan fingerprint density at radius 2 is 1.80 bits per heavy atom. The van der Waals surface area contributed by atoms with Crippen molar-refractivity contribution in [1.29, 1.82) is 0 Å². The molecule has 0 saturated heterocycles. The van der Waals surface area contributed by atoms with Crippen LogP contribution in [0.4, 0.5) is 10.1 Å². The minimum absolute atomic E-state index is 0.108. The lowest BCUT2D eigenvalue weighted by Crippen LogP contribution is -2.14. The van der Waals surface area contributed by atoms with E-state index in [2.05, 4.69) is 10.3 Å². The van der Waals surface area contributed by atoms with Crippen molar-refractivity contribution in [3.8, 4) is 11.1 Å². The highest BCUT2D eigenvalue weighted by atomic mass is 19.1. The minimum atomic E-state index is -0.535. The molecule has 0 radical (unpaired) electrons. The molecular weight excluding hydrogens is 509 g/mol. The Balaban J connectivity index is 1.58. The van der Waals surface area contributed by atoms with Crippen LogP contribution in [0.25, 0.3) is 11.1 Å². The number of pyridine rings is 1. The summed E-state index contributed by atoms with van der Waals surface area (Å²) in [6.45, 7) is 4.26. The SMILES string of the molecule is CCCOC(=O)c1cc(NC(=O)c2cccc(-c3cc(C(=O)Cc4ccncc4F)ccc3CN)c2)ccc1C. The zero-order chi connectivity index (χ0) is 28.6. The predicted molar refractivity (Wildman–Crippen MR) is 152 cm³/mol. The van der Waals surface area contributed by atoms with Crippen molar-refractivity contribution in [3.63, 3.8) is 0 Å². The first-order valence-electron chi connectivity index (χ1n) is 12.9. The fraction of sp³-hybridized carbons (Fsp3) is 0.188. The van der Waals surface area contributed by atoms with E-state index >= 15 is 0 Å². The molecule has 1 amide bonds. The van der Waals surface area contributed by atoms with Crippen molar-refractivity contribution in [2.24, 2.45) is 5.73 Å². The highest BCUT2D eigenvalue weighted by Gasteiger charge is 2.16.